The van der Waals surface area contributed by atoms with E-state index in [4.69, 9.17) is 27.2 Å². The molecule has 214 valence electrons. The maximum Gasteiger partial charge on any atom is 0.298 e. The first-order valence-corrected chi connectivity index (χ1v) is 13.5. The molecule has 3 nitrogen and oxygen atoms in total. The van der Waals surface area contributed by atoms with Crippen molar-refractivity contribution in [1.82, 2.24) is 0 Å². The van der Waals surface area contributed by atoms with Gasteiger partial charge < -0.3 is 15.6 Å². The van der Waals surface area contributed by atoms with Crippen molar-refractivity contribution in [3.8, 4) is 17.6 Å². The Labute approximate surface area is 240 Å². The molecule has 1 atom stereocenters. The van der Waals surface area contributed by atoms with Gasteiger partial charge in [-0.15, -0.1) is 6.58 Å². The van der Waals surface area contributed by atoms with Gasteiger partial charge in [-0.1, -0.05) is 79.5 Å². The number of aliphatic hydroxyl groups excluding tert-OH is 1. The van der Waals surface area contributed by atoms with E-state index in [2.05, 4.69) is 18.4 Å². The molecule has 3 aromatic carbocycles. The first-order chi connectivity index (χ1) is 18.8. The van der Waals surface area contributed by atoms with Crippen LogP contribution in [0, 0.1) is 17.7 Å². The minimum atomic E-state index is -3.19. The van der Waals surface area contributed by atoms with Crippen molar-refractivity contribution in [3.63, 3.8) is 0 Å². The van der Waals surface area contributed by atoms with E-state index < -0.39 is 23.4 Å². The van der Waals surface area contributed by atoms with E-state index >= 15 is 0 Å². The van der Waals surface area contributed by atoms with E-state index in [-0.39, 0.29) is 10.6 Å². The summed E-state index contributed by atoms with van der Waals surface area (Å²) in [7, 11) is 0. The van der Waals surface area contributed by atoms with Gasteiger partial charge in [0.25, 0.3) is 5.92 Å². The van der Waals surface area contributed by atoms with Gasteiger partial charge in [0.15, 0.2) is 5.60 Å². The molecule has 0 aliphatic heterocycles. The monoisotopic (exact) mass is 571 g/mol. The second kappa shape index (κ2) is 15.4. The summed E-state index contributed by atoms with van der Waals surface area (Å²) in [6, 6.07) is 17.5. The van der Waals surface area contributed by atoms with Crippen molar-refractivity contribution in [2.24, 2.45) is 0 Å². The number of ether oxygens (including phenoxy) is 1. The van der Waals surface area contributed by atoms with Gasteiger partial charge in [-0.05, 0) is 69.2 Å². The normalized spacial score (nSPS) is 13.1. The Morgan fingerprint density at radius 3 is 2.08 bits per heavy atom. The van der Waals surface area contributed by atoms with Crippen molar-refractivity contribution in [2.75, 3.05) is 5.73 Å². The zero-order valence-corrected chi connectivity index (χ0v) is 23.9. The molecule has 1 aliphatic carbocycles. The summed E-state index contributed by atoms with van der Waals surface area (Å²) in [5, 5.41) is 9.00. The maximum absolute atomic E-state index is 13.4. The first kappa shape index (κ1) is 32.8. The lowest BCUT2D eigenvalue weighted by molar-refractivity contribution is -0.106. The number of rotatable bonds is 6. The molecule has 0 radical (unpaired) electrons. The zero-order valence-electron chi connectivity index (χ0n) is 23.2. The summed E-state index contributed by atoms with van der Waals surface area (Å²) in [6.07, 6.45) is 6.69. The highest BCUT2D eigenvalue weighted by Gasteiger charge is 2.37. The number of hydrogen-bond acceptors (Lipinski definition) is 3. The molecule has 0 heterocycles. The van der Waals surface area contributed by atoms with E-state index in [0.717, 1.165) is 18.1 Å². The van der Waals surface area contributed by atoms with Crippen LogP contribution in [0.25, 0.3) is 0 Å². The molecule has 1 aliphatic rings. The predicted octanol–water partition coefficient (Wildman–Crippen LogP) is 8.72. The van der Waals surface area contributed by atoms with E-state index in [1.54, 1.807) is 36.4 Å². The van der Waals surface area contributed by atoms with Gasteiger partial charge in [0.2, 0.25) is 0 Å². The van der Waals surface area contributed by atoms with Crippen LogP contribution in [0.5, 0.6) is 5.75 Å². The number of aliphatic hydroxyl groups is 1. The SMILES string of the molecule is C1CCC1.C=CCc1ccc(C(F)(F)C(C)O)cc1.CC(C)(C#Cc1ccc(N)cc1)Oc1ccc(Cl)c(F)c1. The third-order valence-corrected chi connectivity index (χ3v) is 6.23. The summed E-state index contributed by atoms with van der Waals surface area (Å²) in [5.41, 5.74) is 7.14. The molecule has 1 unspecified atom stereocenters. The molecule has 0 amide bonds. The summed E-state index contributed by atoms with van der Waals surface area (Å²) in [6.45, 7) is 8.27. The molecule has 1 fully saturated rings. The van der Waals surface area contributed by atoms with Crippen LogP contribution in [0.15, 0.2) is 79.4 Å². The quantitative estimate of drug-likeness (QED) is 0.177. The average molecular weight is 572 g/mol. The lowest BCUT2D eigenvalue weighted by Gasteiger charge is -2.20. The van der Waals surface area contributed by atoms with Crippen molar-refractivity contribution in [3.05, 3.63) is 107 Å². The predicted molar refractivity (Wildman–Crippen MR) is 158 cm³/mol. The fourth-order valence-corrected chi connectivity index (χ4v) is 3.29. The number of benzene rings is 3. The minimum Gasteiger partial charge on any atom is -0.475 e. The summed E-state index contributed by atoms with van der Waals surface area (Å²) < 4.78 is 45.7. The Balaban J connectivity index is 0.000000255. The summed E-state index contributed by atoms with van der Waals surface area (Å²) >= 11 is 5.64. The molecule has 7 heteroatoms. The number of halogens is 4. The van der Waals surface area contributed by atoms with Gasteiger partial charge >= 0.3 is 0 Å². The first-order valence-electron chi connectivity index (χ1n) is 13.1. The van der Waals surface area contributed by atoms with Gasteiger partial charge in [-0.2, -0.15) is 8.78 Å². The molecule has 40 heavy (non-hydrogen) atoms. The minimum absolute atomic E-state index is 0.0631. The van der Waals surface area contributed by atoms with Crippen molar-refractivity contribution < 1.29 is 23.0 Å². The molecule has 0 saturated heterocycles. The average Bonchev–Trinajstić information content (AvgIpc) is 2.86. The number of anilines is 1. The highest BCUT2D eigenvalue weighted by atomic mass is 35.5. The van der Waals surface area contributed by atoms with Crippen molar-refractivity contribution in [1.29, 1.82) is 0 Å². The molecule has 1 saturated carbocycles. The number of alkyl halides is 2. The molecular formula is C33H37ClF3NO2. The van der Waals surface area contributed by atoms with Crippen molar-refractivity contribution in [2.45, 2.75) is 70.5 Å². The van der Waals surface area contributed by atoms with Crippen LogP contribution in [-0.4, -0.2) is 16.8 Å². The Kier molecular flexibility index (Phi) is 12.6. The molecular weight excluding hydrogens is 535 g/mol. The molecule has 0 bridgehead atoms. The molecule has 3 aromatic rings. The number of nitrogen functional groups attached to an aromatic ring is 1. The number of allylic oxidation sites excluding steroid dienone is 1. The van der Waals surface area contributed by atoms with E-state index in [9.17, 15) is 13.2 Å². The van der Waals surface area contributed by atoms with Crippen LogP contribution < -0.4 is 10.5 Å². The second-order valence-electron chi connectivity index (χ2n) is 9.96. The molecule has 0 spiro atoms. The van der Waals surface area contributed by atoms with Gasteiger partial charge in [0.05, 0.1) is 5.02 Å². The standard InChI is InChI=1S/C17H15ClFNO.C12H14F2O.C4H8/c1-17(2,10-9-12-3-5-13(20)6-4-12)21-14-7-8-15(18)16(19)11-14;1-3-4-10-5-7-11(8-6-10)12(13,14)9(2)15;1-2-4-3-1/h3-8,11H,20H2,1-2H3;3,5-9,15H,1,4H2,2H3;1-4H2. The Morgan fingerprint density at radius 2 is 1.60 bits per heavy atom. The van der Waals surface area contributed by atoms with Gasteiger partial charge in [-0.3, -0.25) is 0 Å². The Hall–Kier alpha value is -3.40. The van der Waals surface area contributed by atoms with Crippen LogP contribution in [0.3, 0.4) is 0 Å². The van der Waals surface area contributed by atoms with Crippen molar-refractivity contribution >= 4 is 17.3 Å². The lowest BCUT2D eigenvalue weighted by atomic mass is 10.0. The molecule has 3 N–H and O–H groups in total. The smallest absolute Gasteiger partial charge is 0.298 e. The Morgan fingerprint density at radius 1 is 1.02 bits per heavy atom. The highest BCUT2D eigenvalue weighted by Crippen LogP contribution is 2.31. The maximum atomic E-state index is 13.4. The third-order valence-electron chi connectivity index (χ3n) is 5.93. The number of hydrogen-bond donors (Lipinski definition) is 2. The van der Waals surface area contributed by atoms with Crippen LogP contribution in [0.4, 0.5) is 18.9 Å². The van der Waals surface area contributed by atoms with Crippen LogP contribution in [-0.2, 0) is 12.3 Å². The van der Waals surface area contributed by atoms with Gasteiger partial charge in [0, 0.05) is 22.9 Å². The second-order valence-corrected chi connectivity index (χ2v) is 10.4. The number of nitrogens with two attached hydrogens (primary N) is 1. The summed E-state index contributed by atoms with van der Waals surface area (Å²) in [4.78, 5) is 0. The zero-order chi connectivity index (χ0) is 29.8. The van der Waals surface area contributed by atoms with Gasteiger partial charge in [0.1, 0.15) is 17.7 Å². The van der Waals surface area contributed by atoms with E-state index in [1.165, 1.54) is 49.9 Å². The fraction of sp³-hybridized carbons (Fsp3) is 0.333. The summed E-state index contributed by atoms with van der Waals surface area (Å²) in [5.74, 6) is 2.69. The molecule has 0 aromatic heterocycles. The van der Waals surface area contributed by atoms with Gasteiger partial charge in [-0.25, -0.2) is 4.39 Å². The lowest BCUT2D eigenvalue weighted by Crippen LogP contribution is -2.27. The van der Waals surface area contributed by atoms with Crippen LogP contribution in [0.1, 0.15) is 63.1 Å². The van der Waals surface area contributed by atoms with E-state index in [1.807, 2.05) is 26.0 Å². The van der Waals surface area contributed by atoms with Crippen LogP contribution in [0.2, 0.25) is 5.02 Å². The largest absolute Gasteiger partial charge is 0.475 e. The Bertz CT molecular complexity index is 1270. The molecule has 4 rings (SSSR count). The third kappa shape index (κ3) is 11.0. The van der Waals surface area contributed by atoms with Crippen LogP contribution >= 0.6 is 11.6 Å². The highest BCUT2D eigenvalue weighted by molar-refractivity contribution is 6.30. The topological polar surface area (TPSA) is 55.5 Å². The van der Waals surface area contributed by atoms with E-state index in [0.29, 0.717) is 17.9 Å². The fourth-order valence-electron chi connectivity index (χ4n) is 3.17.